The monoisotopic (exact) mass is 509 g/mol. The minimum atomic E-state index is 0.513. The number of nitrogens with one attached hydrogen (secondary N) is 3. The van der Waals surface area contributed by atoms with Gasteiger partial charge in [0, 0.05) is 0 Å². The van der Waals surface area contributed by atoms with Crippen LogP contribution < -0.4 is 15.5 Å². The van der Waals surface area contributed by atoms with Gasteiger partial charge in [-0.05, 0) is 0 Å². The Hall–Kier alpha value is -1.79. The average Bonchev–Trinajstić information content (AvgIpc) is 3.41. The summed E-state index contributed by atoms with van der Waals surface area (Å²) in [6.45, 7) is 2.37. The van der Waals surface area contributed by atoms with Crippen molar-refractivity contribution >= 4 is 64.2 Å². The van der Waals surface area contributed by atoms with Gasteiger partial charge < -0.3 is 0 Å². The van der Waals surface area contributed by atoms with Crippen molar-refractivity contribution in [1.29, 1.82) is 0 Å². The summed E-state index contributed by atoms with van der Waals surface area (Å²) in [6, 6.07) is 9.11. The molecule has 146 valence electrons. The maximum absolute atomic E-state index is 4.74. The van der Waals surface area contributed by atoms with Gasteiger partial charge in [0.1, 0.15) is 0 Å². The molecular weight excluding hydrogens is 484 g/mol. The second-order valence-corrected chi connectivity index (χ2v) is 12.0. The van der Waals surface area contributed by atoms with E-state index in [0.29, 0.717) is 17.6 Å². The van der Waals surface area contributed by atoms with Crippen molar-refractivity contribution in [2.45, 2.75) is 33.7 Å². The molecule has 0 amide bonds. The van der Waals surface area contributed by atoms with Gasteiger partial charge in [0.15, 0.2) is 0 Å². The van der Waals surface area contributed by atoms with Crippen molar-refractivity contribution in [3.63, 3.8) is 0 Å². The molecule has 0 saturated carbocycles. The maximum atomic E-state index is 4.74. The first-order valence-corrected chi connectivity index (χ1v) is 14.4. The van der Waals surface area contributed by atoms with Gasteiger partial charge in [0.2, 0.25) is 0 Å². The molecule has 2 aliphatic heterocycles. The third-order valence-electron chi connectivity index (χ3n) is 5.06. The van der Waals surface area contributed by atoms with Crippen LogP contribution in [0.4, 0.5) is 23.1 Å². The Morgan fingerprint density at radius 3 is 2.68 bits per heavy atom. The summed E-state index contributed by atoms with van der Waals surface area (Å²) in [4.78, 5) is 19.3. The topological polar surface area (TPSA) is 81.8 Å². The molecular formula is C19H23N7Se2. The zero-order valence-corrected chi connectivity index (χ0v) is 18.9. The van der Waals surface area contributed by atoms with Crippen LogP contribution in [0.15, 0.2) is 30.6 Å². The van der Waals surface area contributed by atoms with E-state index >= 15 is 0 Å². The van der Waals surface area contributed by atoms with Crippen LogP contribution >= 0.6 is 0 Å². The molecule has 2 aromatic heterocycles. The Morgan fingerprint density at radius 1 is 1.04 bits per heavy atom. The van der Waals surface area contributed by atoms with Crippen LogP contribution in [0, 0.1) is 0 Å². The molecule has 9 heteroatoms. The van der Waals surface area contributed by atoms with Crippen LogP contribution in [0.1, 0.15) is 6.42 Å². The Bertz CT molecular complexity index is 931. The molecule has 2 fully saturated rings. The average molecular weight is 507 g/mol. The van der Waals surface area contributed by atoms with Gasteiger partial charge in [-0.1, -0.05) is 0 Å². The van der Waals surface area contributed by atoms with Crippen molar-refractivity contribution in [3.8, 4) is 0 Å². The van der Waals surface area contributed by atoms with E-state index in [0.717, 1.165) is 46.9 Å². The zero-order chi connectivity index (χ0) is 18.8. The van der Waals surface area contributed by atoms with Gasteiger partial charge >= 0.3 is 177 Å². The zero-order valence-electron chi connectivity index (χ0n) is 15.5. The number of aromatic nitrogens is 4. The van der Waals surface area contributed by atoms with E-state index in [1.807, 2.05) is 0 Å². The Morgan fingerprint density at radius 2 is 1.89 bits per heavy atom. The van der Waals surface area contributed by atoms with Gasteiger partial charge in [-0.3, -0.25) is 0 Å². The first-order valence-electron chi connectivity index (χ1n) is 9.60. The van der Waals surface area contributed by atoms with Crippen LogP contribution in [0.25, 0.3) is 11.2 Å². The summed E-state index contributed by atoms with van der Waals surface area (Å²) >= 11 is 1.60. The molecule has 0 spiro atoms. The van der Waals surface area contributed by atoms with E-state index in [1.165, 1.54) is 46.5 Å². The summed E-state index contributed by atoms with van der Waals surface area (Å²) in [7, 11) is 0. The first-order chi connectivity index (χ1) is 13.8. The number of anilines is 4. The van der Waals surface area contributed by atoms with Crippen LogP contribution in [0.5, 0.6) is 0 Å². The Balaban J connectivity index is 1.35. The molecule has 1 atom stereocenters. The predicted octanol–water partition coefficient (Wildman–Crippen LogP) is 3.18. The minimum absolute atomic E-state index is 0.513. The predicted molar refractivity (Wildman–Crippen MR) is 116 cm³/mol. The molecule has 0 bridgehead atoms. The molecule has 0 aliphatic carbocycles. The molecule has 0 radical (unpaired) electrons. The van der Waals surface area contributed by atoms with Gasteiger partial charge in [-0.15, -0.1) is 0 Å². The fourth-order valence-electron chi connectivity index (χ4n) is 3.54. The second kappa shape index (κ2) is 8.29. The molecule has 0 unspecified atom stereocenters. The van der Waals surface area contributed by atoms with Gasteiger partial charge in [0.25, 0.3) is 0 Å². The molecule has 4 heterocycles. The number of H-pyrrole nitrogens is 1. The number of benzene rings is 1. The summed E-state index contributed by atoms with van der Waals surface area (Å²) in [5, 5.41) is 12.3. The number of hydrogen-bond donors (Lipinski definition) is 3. The van der Waals surface area contributed by atoms with E-state index in [2.05, 4.69) is 54.8 Å². The standard InChI is InChI=1S/C19H23N7Se2/c1-3-15(26-6-9-27-10-7-26)4-2-13(1)23-19-24-17-16(20-12-21-17)18(25-19)22-14-5-8-28-11-14/h1-4,12,14H,5-11H2,(H3,20,21,22,23,24,25)/t14-/m1/s1. The van der Waals surface area contributed by atoms with Gasteiger partial charge in [0.05, 0.1) is 0 Å². The van der Waals surface area contributed by atoms with Crippen LogP contribution in [0.3, 0.4) is 0 Å². The van der Waals surface area contributed by atoms with Gasteiger partial charge in [-0.2, -0.15) is 0 Å². The van der Waals surface area contributed by atoms with Crippen LogP contribution in [-0.2, 0) is 0 Å². The number of rotatable bonds is 5. The first kappa shape index (κ1) is 18.3. The van der Waals surface area contributed by atoms with Crippen molar-refractivity contribution < 1.29 is 0 Å². The van der Waals surface area contributed by atoms with Crippen LogP contribution in [0.2, 0.25) is 21.3 Å². The molecule has 3 aromatic rings. The third-order valence-corrected chi connectivity index (χ3v) is 9.47. The van der Waals surface area contributed by atoms with E-state index in [9.17, 15) is 0 Å². The summed E-state index contributed by atoms with van der Waals surface area (Å²) in [5.74, 6) is 1.43. The number of aromatic amines is 1. The number of imidazole rings is 1. The Labute approximate surface area is 176 Å². The number of nitrogens with zero attached hydrogens (tertiary/aromatic N) is 4. The third kappa shape index (κ3) is 3.98. The summed E-state index contributed by atoms with van der Waals surface area (Å²) in [6.07, 6.45) is 2.91. The van der Waals surface area contributed by atoms with Crippen molar-refractivity contribution in [3.05, 3.63) is 30.6 Å². The van der Waals surface area contributed by atoms with Gasteiger partial charge in [-0.25, -0.2) is 0 Å². The van der Waals surface area contributed by atoms with E-state index in [-0.39, 0.29) is 0 Å². The normalized spacial score (nSPS) is 19.9. The van der Waals surface area contributed by atoms with E-state index in [1.54, 1.807) is 6.33 Å². The molecule has 2 saturated heterocycles. The number of fused-ring (bicyclic) bond motifs is 1. The molecule has 5 rings (SSSR count). The van der Waals surface area contributed by atoms with Crippen LogP contribution in [-0.4, -0.2) is 69.0 Å². The molecule has 28 heavy (non-hydrogen) atoms. The molecule has 7 nitrogen and oxygen atoms in total. The number of hydrogen-bond acceptors (Lipinski definition) is 6. The molecule has 3 N–H and O–H groups in total. The summed E-state index contributed by atoms with van der Waals surface area (Å²) in [5.41, 5.74) is 3.87. The van der Waals surface area contributed by atoms with E-state index < -0.39 is 0 Å². The second-order valence-electron chi connectivity index (χ2n) is 6.97. The van der Waals surface area contributed by atoms with Crippen molar-refractivity contribution in [1.82, 2.24) is 19.9 Å². The van der Waals surface area contributed by atoms with Crippen molar-refractivity contribution in [2.75, 3.05) is 28.6 Å². The van der Waals surface area contributed by atoms with E-state index in [4.69, 9.17) is 4.98 Å². The Kier molecular flexibility index (Phi) is 5.41. The fraction of sp³-hybridized carbons (Fsp3) is 0.421. The van der Waals surface area contributed by atoms with Crippen molar-refractivity contribution in [2.24, 2.45) is 0 Å². The molecule has 1 aromatic carbocycles. The SMILES string of the molecule is c1nc2nc(Nc3ccc(N4CC[Se]CC4)cc3)nc(N[C@@H]3CC[Se]C3)c2[nH]1. The quantitative estimate of drug-likeness (QED) is 0.461. The fourth-order valence-corrected chi connectivity index (χ4v) is 7.85. The molecule has 2 aliphatic rings. The summed E-state index contributed by atoms with van der Waals surface area (Å²) < 4.78 is 0.